The lowest BCUT2D eigenvalue weighted by atomic mass is 10.1. The van der Waals surface area contributed by atoms with Crippen LogP contribution >= 0.6 is 11.8 Å². The number of benzene rings is 2. The normalized spacial score (nSPS) is 11.3. The molecule has 3 rings (SSSR count). The number of nitrogens with one attached hydrogen (secondary N) is 1. The number of thioether (sulfide) groups is 1. The van der Waals surface area contributed by atoms with Gasteiger partial charge in [-0.3, -0.25) is 13.9 Å². The van der Waals surface area contributed by atoms with Crippen LogP contribution in [0.2, 0.25) is 0 Å². The van der Waals surface area contributed by atoms with Gasteiger partial charge in [-0.05, 0) is 38.1 Å². The first-order valence-electron chi connectivity index (χ1n) is 10.0. The molecule has 0 fully saturated rings. The standard InChI is InChI=1S/C22H25N5O4S2/c1-15-8-10-19(11-9-15)27(33(4,30)31)13-20-24-25-22(26(20)3)32-14-21(29)23-18-7-5-6-17(12-18)16(2)28/h5-12H,13-14H2,1-4H3,(H,23,29). The molecular formula is C22H25N5O4S2. The Morgan fingerprint density at radius 1 is 1.12 bits per heavy atom. The molecule has 0 aliphatic heterocycles. The van der Waals surface area contributed by atoms with Gasteiger partial charge in [-0.15, -0.1) is 10.2 Å². The van der Waals surface area contributed by atoms with Crippen molar-refractivity contribution in [2.45, 2.75) is 25.5 Å². The van der Waals surface area contributed by atoms with Gasteiger partial charge in [0.25, 0.3) is 0 Å². The summed E-state index contributed by atoms with van der Waals surface area (Å²) in [7, 11) is -1.83. The van der Waals surface area contributed by atoms with Gasteiger partial charge in [0.05, 0.1) is 24.2 Å². The molecule has 0 saturated carbocycles. The van der Waals surface area contributed by atoms with Crippen molar-refractivity contribution < 1.29 is 18.0 Å². The predicted octanol–water partition coefficient (Wildman–Crippen LogP) is 3.02. The number of anilines is 2. The third-order valence-electron chi connectivity index (χ3n) is 4.82. The lowest BCUT2D eigenvalue weighted by molar-refractivity contribution is -0.113. The van der Waals surface area contributed by atoms with Crippen LogP contribution in [0.1, 0.15) is 28.7 Å². The largest absolute Gasteiger partial charge is 0.325 e. The zero-order valence-corrected chi connectivity index (χ0v) is 20.4. The molecule has 1 N–H and O–H groups in total. The van der Waals surface area contributed by atoms with Crippen molar-refractivity contribution in [1.82, 2.24) is 14.8 Å². The number of ketones is 1. The van der Waals surface area contributed by atoms with E-state index in [4.69, 9.17) is 0 Å². The summed E-state index contributed by atoms with van der Waals surface area (Å²) in [5, 5.41) is 11.5. The third kappa shape index (κ3) is 6.42. The van der Waals surface area contributed by atoms with Crippen molar-refractivity contribution in [2.75, 3.05) is 21.6 Å². The number of hydrogen-bond donors (Lipinski definition) is 1. The molecule has 9 nitrogen and oxygen atoms in total. The van der Waals surface area contributed by atoms with E-state index in [0.717, 1.165) is 11.8 Å². The van der Waals surface area contributed by atoms with Crippen molar-refractivity contribution in [3.63, 3.8) is 0 Å². The van der Waals surface area contributed by atoms with Gasteiger partial charge in [0.1, 0.15) is 0 Å². The van der Waals surface area contributed by atoms with Gasteiger partial charge >= 0.3 is 0 Å². The number of amides is 1. The highest BCUT2D eigenvalue weighted by molar-refractivity contribution is 7.99. The number of sulfonamides is 1. The third-order valence-corrected chi connectivity index (χ3v) is 6.98. The van der Waals surface area contributed by atoms with Crippen molar-refractivity contribution in [1.29, 1.82) is 0 Å². The molecule has 0 atom stereocenters. The van der Waals surface area contributed by atoms with Crippen LogP contribution in [0.15, 0.2) is 53.7 Å². The molecule has 0 unspecified atom stereocenters. The van der Waals surface area contributed by atoms with E-state index in [1.165, 1.54) is 23.0 Å². The lowest BCUT2D eigenvalue weighted by Crippen LogP contribution is -2.30. The van der Waals surface area contributed by atoms with E-state index in [9.17, 15) is 18.0 Å². The van der Waals surface area contributed by atoms with Crippen LogP contribution in [0, 0.1) is 6.92 Å². The minimum Gasteiger partial charge on any atom is -0.325 e. The quantitative estimate of drug-likeness (QED) is 0.364. The molecule has 0 aliphatic carbocycles. The summed E-state index contributed by atoms with van der Waals surface area (Å²) in [5.41, 5.74) is 2.61. The fourth-order valence-electron chi connectivity index (χ4n) is 2.99. The lowest BCUT2D eigenvalue weighted by Gasteiger charge is -2.22. The van der Waals surface area contributed by atoms with Gasteiger partial charge in [0.15, 0.2) is 16.8 Å². The first kappa shape index (κ1) is 24.5. The van der Waals surface area contributed by atoms with E-state index in [1.54, 1.807) is 48.0 Å². The average Bonchev–Trinajstić information content (AvgIpc) is 3.10. The maximum absolute atomic E-state index is 12.4. The molecule has 33 heavy (non-hydrogen) atoms. The predicted molar refractivity (Wildman–Crippen MR) is 129 cm³/mol. The first-order valence-corrected chi connectivity index (χ1v) is 12.8. The number of rotatable bonds is 9. The van der Waals surface area contributed by atoms with Crippen molar-refractivity contribution in [3.8, 4) is 0 Å². The highest BCUT2D eigenvalue weighted by Gasteiger charge is 2.21. The molecule has 1 aromatic heterocycles. The van der Waals surface area contributed by atoms with Crippen molar-refractivity contribution in [3.05, 3.63) is 65.5 Å². The molecular weight excluding hydrogens is 462 g/mol. The van der Waals surface area contributed by atoms with Crippen LogP contribution in [0.25, 0.3) is 0 Å². The Morgan fingerprint density at radius 3 is 2.45 bits per heavy atom. The maximum Gasteiger partial charge on any atom is 0.234 e. The molecule has 0 bridgehead atoms. The van der Waals surface area contributed by atoms with E-state index < -0.39 is 10.0 Å². The van der Waals surface area contributed by atoms with Crippen LogP contribution in [-0.2, 0) is 28.4 Å². The minimum atomic E-state index is -3.55. The highest BCUT2D eigenvalue weighted by atomic mass is 32.2. The first-order chi connectivity index (χ1) is 15.5. The Kier molecular flexibility index (Phi) is 7.54. The molecule has 2 aromatic carbocycles. The Bertz CT molecular complexity index is 1270. The second-order valence-corrected chi connectivity index (χ2v) is 10.4. The Balaban J connectivity index is 1.67. The van der Waals surface area contributed by atoms with Crippen molar-refractivity contribution >= 4 is 44.9 Å². The smallest absolute Gasteiger partial charge is 0.234 e. The summed E-state index contributed by atoms with van der Waals surface area (Å²) < 4.78 is 27.7. The van der Waals surface area contributed by atoms with Crippen LogP contribution in [0.5, 0.6) is 0 Å². The average molecular weight is 488 g/mol. The second kappa shape index (κ2) is 10.2. The maximum atomic E-state index is 12.4. The summed E-state index contributed by atoms with van der Waals surface area (Å²) >= 11 is 1.18. The second-order valence-electron chi connectivity index (χ2n) is 7.54. The van der Waals surface area contributed by atoms with Crippen LogP contribution < -0.4 is 9.62 Å². The molecule has 1 heterocycles. The fourth-order valence-corrected chi connectivity index (χ4v) is 4.58. The molecule has 11 heteroatoms. The zero-order valence-electron chi connectivity index (χ0n) is 18.8. The van der Waals surface area contributed by atoms with Gasteiger partial charge in [0, 0.05) is 18.3 Å². The SMILES string of the molecule is CC(=O)c1cccc(NC(=O)CSc2nnc(CN(c3ccc(C)cc3)S(C)(=O)=O)n2C)c1. The summed E-state index contributed by atoms with van der Waals surface area (Å²) in [4.78, 5) is 23.8. The number of aryl methyl sites for hydroxylation is 1. The Hall–Kier alpha value is -3.18. The summed E-state index contributed by atoms with van der Waals surface area (Å²) in [6.07, 6.45) is 1.14. The van der Waals surface area contributed by atoms with E-state index in [1.807, 2.05) is 19.1 Å². The number of Topliss-reactive ketones (excluding diaryl/α,β-unsaturated/α-hetero) is 1. The van der Waals surface area contributed by atoms with Crippen LogP contribution in [0.4, 0.5) is 11.4 Å². The number of hydrogen-bond acceptors (Lipinski definition) is 7. The Morgan fingerprint density at radius 2 is 1.82 bits per heavy atom. The summed E-state index contributed by atoms with van der Waals surface area (Å²) in [6, 6.07) is 13.9. The number of carbonyl (C=O) groups is 2. The molecule has 0 aliphatic rings. The number of carbonyl (C=O) groups excluding carboxylic acids is 2. The van der Waals surface area contributed by atoms with Gasteiger partial charge in [-0.1, -0.05) is 41.6 Å². The highest BCUT2D eigenvalue weighted by Crippen LogP contribution is 2.23. The topological polar surface area (TPSA) is 114 Å². The van der Waals surface area contributed by atoms with Gasteiger partial charge in [-0.2, -0.15) is 0 Å². The molecule has 3 aromatic rings. The van der Waals surface area contributed by atoms with Gasteiger partial charge < -0.3 is 9.88 Å². The summed E-state index contributed by atoms with van der Waals surface area (Å²) in [5.74, 6) is 0.172. The Labute approximate surface area is 197 Å². The van der Waals surface area contributed by atoms with E-state index >= 15 is 0 Å². The summed E-state index contributed by atoms with van der Waals surface area (Å²) in [6.45, 7) is 3.40. The molecule has 174 valence electrons. The van der Waals surface area contributed by atoms with E-state index in [-0.39, 0.29) is 24.0 Å². The van der Waals surface area contributed by atoms with E-state index in [0.29, 0.717) is 27.9 Å². The van der Waals surface area contributed by atoms with E-state index in [2.05, 4.69) is 15.5 Å². The fraction of sp³-hybridized carbons (Fsp3) is 0.273. The monoisotopic (exact) mass is 487 g/mol. The molecule has 0 radical (unpaired) electrons. The molecule has 0 saturated heterocycles. The molecule has 1 amide bonds. The number of nitrogens with zero attached hydrogens (tertiary/aromatic N) is 4. The minimum absolute atomic E-state index is 0.00991. The number of aromatic nitrogens is 3. The van der Waals surface area contributed by atoms with Crippen LogP contribution in [0.3, 0.4) is 0 Å². The van der Waals surface area contributed by atoms with Crippen molar-refractivity contribution in [2.24, 2.45) is 7.05 Å². The van der Waals surface area contributed by atoms with Crippen LogP contribution in [-0.4, -0.2) is 46.9 Å². The van der Waals surface area contributed by atoms with Gasteiger partial charge in [-0.25, -0.2) is 8.42 Å². The zero-order chi connectivity index (χ0) is 24.2. The molecule has 0 spiro atoms. The van der Waals surface area contributed by atoms with Gasteiger partial charge in [0.2, 0.25) is 15.9 Å².